The Hall–Kier alpha value is -1.77. The van der Waals surface area contributed by atoms with Gasteiger partial charge in [-0.3, -0.25) is 14.7 Å². The second-order valence-electron chi connectivity index (χ2n) is 8.34. The van der Waals surface area contributed by atoms with Gasteiger partial charge < -0.3 is 19.6 Å². The molecule has 4 rings (SSSR count). The molecule has 8 heteroatoms. The molecule has 1 N–H and O–H groups in total. The number of anilines is 1. The van der Waals surface area contributed by atoms with Crippen LogP contribution in [0.4, 0.5) is 5.82 Å². The lowest BCUT2D eigenvalue weighted by Crippen LogP contribution is -2.54. The predicted molar refractivity (Wildman–Crippen MR) is 110 cm³/mol. The van der Waals surface area contributed by atoms with Gasteiger partial charge in [0, 0.05) is 51.9 Å². The van der Waals surface area contributed by atoms with Crippen LogP contribution < -0.4 is 4.90 Å². The second-order valence-corrected chi connectivity index (χ2v) is 8.34. The first-order valence-electron chi connectivity index (χ1n) is 11.0. The van der Waals surface area contributed by atoms with Crippen LogP contribution in [-0.2, 0) is 4.74 Å². The standard InChI is InChI=1S/C21H33N5O3/c27-11-3-4-17-16-26(8-5-19(17)24-9-12-29-13-10-24)20-15-22-14-18(23-20)21(28)25-6-1-2-7-25/h14-15,17,19,27H,1-13,16H2. The summed E-state index contributed by atoms with van der Waals surface area (Å²) in [7, 11) is 0. The number of amides is 1. The van der Waals surface area contributed by atoms with Crippen molar-refractivity contribution in [1.82, 2.24) is 19.8 Å². The SMILES string of the molecule is O=C(c1cncc(N2CCC(N3CCOCC3)C(CCCO)C2)n1)N1CCCC1. The molecular formula is C21H33N5O3. The van der Waals surface area contributed by atoms with Crippen molar-refractivity contribution < 1.29 is 14.6 Å². The molecule has 3 saturated heterocycles. The van der Waals surface area contributed by atoms with Crippen molar-refractivity contribution in [3.8, 4) is 0 Å². The van der Waals surface area contributed by atoms with Crippen LogP contribution in [0.3, 0.4) is 0 Å². The number of ether oxygens (including phenoxy) is 1. The predicted octanol–water partition coefficient (Wildman–Crippen LogP) is 1.01. The van der Waals surface area contributed by atoms with E-state index >= 15 is 0 Å². The van der Waals surface area contributed by atoms with Crippen LogP contribution >= 0.6 is 0 Å². The Morgan fingerprint density at radius 1 is 1.14 bits per heavy atom. The van der Waals surface area contributed by atoms with Gasteiger partial charge >= 0.3 is 0 Å². The molecule has 0 radical (unpaired) electrons. The highest BCUT2D eigenvalue weighted by atomic mass is 16.5. The van der Waals surface area contributed by atoms with Gasteiger partial charge in [-0.05, 0) is 38.0 Å². The molecule has 0 spiro atoms. The number of likely N-dealkylation sites (tertiary alicyclic amines) is 1. The smallest absolute Gasteiger partial charge is 0.274 e. The number of rotatable bonds is 6. The van der Waals surface area contributed by atoms with Gasteiger partial charge in [-0.25, -0.2) is 4.98 Å². The number of carbonyl (C=O) groups excluding carboxylic acids is 1. The number of aliphatic hydroxyl groups is 1. The zero-order chi connectivity index (χ0) is 20.1. The Morgan fingerprint density at radius 2 is 1.93 bits per heavy atom. The fraction of sp³-hybridized carbons (Fsp3) is 0.762. The number of nitrogens with zero attached hydrogens (tertiary/aromatic N) is 5. The monoisotopic (exact) mass is 403 g/mol. The fourth-order valence-corrected chi connectivity index (χ4v) is 4.95. The number of hydrogen-bond acceptors (Lipinski definition) is 7. The molecule has 1 aromatic heterocycles. The van der Waals surface area contributed by atoms with Crippen molar-refractivity contribution in [2.24, 2.45) is 5.92 Å². The van der Waals surface area contributed by atoms with Crippen LogP contribution in [0.1, 0.15) is 42.6 Å². The van der Waals surface area contributed by atoms with Gasteiger partial charge in [0.2, 0.25) is 0 Å². The summed E-state index contributed by atoms with van der Waals surface area (Å²) in [5, 5.41) is 9.37. The van der Waals surface area contributed by atoms with Crippen LogP contribution in [0.15, 0.2) is 12.4 Å². The molecule has 8 nitrogen and oxygen atoms in total. The van der Waals surface area contributed by atoms with Crippen molar-refractivity contribution >= 4 is 11.7 Å². The van der Waals surface area contributed by atoms with E-state index in [2.05, 4.69) is 19.8 Å². The summed E-state index contributed by atoms with van der Waals surface area (Å²) in [6.45, 7) is 7.24. The third kappa shape index (κ3) is 4.87. The maximum absolute atomic E-state index is 12.7. The van der Waals surface area contributed by atoms with Crippen LogP contribution in [0.5, 0.6) is 0 Å². The Balaban J connectivity index is 1.46. The van der Waals surface area contributed by atoms with Gasteiger partial charge in [-0.15, -0.1) is 0 Å². The van der Waals surface area contributed by atoms with Gasteiger partial charge in [0.25, 0.3) is 5.91 Å². The summed E-state index contributed by atoms with van der Waals surface area (Å²) < 4.78 is 5.53. The van der Waals surface area contributed by atoms with Gasteiger partial charge in [0.15, 0.2) is 0 Å². The molecule has 1 amide bonds. The summed E-state index contributed by atoms with van der Waals surface area (Å²) in [5.74, 6) is 1.26. The lowest BCUT2D eigenvalue weighted by atomic mass is 9.87. The van der Waals surface area contributed by atoms with Gasteiger partial charge in [-0.1, -0.05) is 0 Å². The van der Waals surface area contributed by atoms with E-state index < -0.39 is 0 Å². The average molecular weight is 404 g/mol. The minimum atomic E-state index is -0.00289. The lowest BCUT2D eigenvalue weighted by Gasteiger charge is -2.45. The molecule has 3 fully saturated rings. The topological polar surface area (TPSA) is 82.0 Å². The molecule has 160 valence electrons. The highest BCUT2D eigenvalue weighted by molar-refractivity contribution is 5.92. The molecule has 2 atom stereocenters. The summed E-state index contributed by atoms with van der Waals surface area (Å²) in [6.07, 6.45) is 8.38. The van der Waals surface area contributed by atoms with E-state index in [4.69, 9.17) is 4.74 Å². The summed E-state index contributed by atoms with van der Waals surface area (Å²) in [6, 6.07) is 0.518. The van der Waals surface area contributed by atoms with Crippen LogP contribution in [0, 0.1) is 5.92 Å². The number of hydrogen-bond donors (Lipinski definition) is 1. The van der Waals surface area contributed by atoms with E-state index in [9.17, 15) is 9.90 Å². The Kier molecular flexibility index (Phi) is 6.94. The maximum atomic E-state index is 12.7. The molecule has 0 aliphatic carbocycles. The number of aliphatic hydroxyl groups excluding tert-OH is 1. The summed E-state index contributed by atoms with van der Waals surface area (Å²) in [4.78, 5) is 28.4. The molecule has 3 aliphatic rings. The van der Waals surface area contributed by atoms with Crippen molar-refractivity contribution in [1.29, 1.82) is 0 Å². The molecular weight excluding hydrogens is 370 g/mol. The average Bonchev–Trinajstić information content (AvgIpc) is 3.32. The van der Waals surface area contributed by atoms with E-state index in [-0.39, 0.29) is 12.5 Å². The number of aromatic nitrogens is 2. The molecule has 29 heavy (non-hydrogen) atoms. The van der Waals surface area contributed by atoms with Crippen LogP contribution in [0.25, 0.3) is 0 Å². The second kappa shape index (κ2) is 9.82. The minimum Gasteiger partial charge on any atom is -0.396 e. The first-order chi connectivity index (χ1) is 14.3. The number of morpholine rings is 1. The molecule has 0 bridgehead atoms. The zero-order valence-corrected chi connectivity index (χ0v) is 17.2. The Bertz CT molecular complexity index is 676. The van der Waals surface area contributed by atoms with Crippen LogP contribution in [0.2, 0.25) is 0 Å². The van der Waals surface area contributed by atoms with E-state index in [0.717, 1.165) is 90.4 Å². The highest BCUT2D eigenvalue weighted by Crippen LogP contribution is 2.29. The molecule has 3 aliphatic heterocycles. The third-order valence-electron chi connectivity index (χ3n) is 6.50. The first kappa shape index (κ1) is 20.5. The van der Waals surface area contributed by atoms with Crippen molar-refractivity contribution in [3.05, 3.63) is 18.1 Å². The van der Waals surface area contributed by atoms with Crippen molar-refractivity contribution in [2.75, 3.05) is 64.0 Å². The summed E-state index contributed by atoms with van der Waals surface area (Å²) >= 11 is 0. The fourth-order valence-electron chi connectivity index (χ4n) is 4.95. The molecule has 0 aromatic carbocycles. The van der Waals surface area contributed by atoms with E-state index in [1.54, 1.807) is 12.4 Å². The van der Waals surface area contributed by atoms with Crippen molar-refractivity contribution in [3.63, 3.8) is 0 Å². The minimum absolute atomic E-state index is 0.00289. The van der Waals surface area contributed by atoms with E-state index in [1.165, 1.54) is 0 Å². The normalized spacial score (nSPS) is 26.1. The Labute approximate surface area is 172 Å². The molecule has 2 unspecified atom stereocenters. The van der Waals surface area contributed by atoms with Gasteiger partial charge in [0.1, 0.15) is 11.5 Å². The maximum Gasteiger partial charge on any atom is 0.274 e. The largest absolute Gasteiger partial charge is 0.396 e. The number of piperidine rings is 1. The molecule has 1 aromatic rings. The van der Waals surface area contributed by atoms with Crippen molar-refractivity contribution in [2.45, 2.75) is 38.1 Å². The lowest BCUT2D eigenvalue weighted by molar-refractivity contribution is -0.00416. The third-order valence-corrected chi connectivity index (χ3v) is 6.50. The zero-order valence-electron chi connectivity index (χ0n) is 17.2. The number of carbonyl (C=O) groups is 1. The van der Waals surface area contributed by atoms with Gasteiger partial charge in [0.05, 0.1) is 25.6 Å². The summed E-state index contributed by atoms with van der Waals surface area (Å²) in [5.41, 5.74) is 0.451. The Morgan fingerprint density at radius 3 is 2.69 bits per heavy atom. The first-order valence-corrected chi connectivity index (χ1v) is 11.0. The molecule has 4 heterocycles. The van der Waals surface area contributed by atoms with Crippen LogP contribution in [-0.4, -0.2) is 95.9 Å². The highest BCUT2D eigenvalue weighted by Gasteiger charge is 2.34. The van der Waals surface area contributed by atoms with Gasteiger partial charge in [-0.2, -0.15) is 0 Å². The van der Waals surface area contributed by atoms with E-state index in [0.29, 0.717) is 17.7 Å². The molecule has 0 saturated carbocycles. The van der Waals surface area contributed by atoms with E-state index in [1.807, 2.05) is 4.90 Å². The quantitative estimate of drug-likeness (QED) is 0.759.